The number of aromatic nitrogens is 5. The second kappa shape index (κ2) is 9.88. The first-order chi connectivity index (χ1) is 15.6. The van der Waals surface area contributed by atoms with Gasteiger partial charge in [0.1, 0.15) is 11.4 Å². The fraction of sp³-hybridized carbons (Fsp3) is 0.0870. The minimum Gasteiger partial charge on any atom is -0.326 e. The third-order valence-electron chi connectivity index (χ3n) is 4.34. The van der Waals surface area contributed by atoms with Gasteiger partial charge in [0.2, 0.25) is 11.1 Å². The van der Waals surface area contributed by atoms with E-state index in [0.29, 0.717) is 39.2 Å². The van der Waals surface area contributed by atoms with E-state index >= 15 is 0 Å². The van der Waals surface area contributed by atoms with Crippen LogP contribution in [0.15, 0.2) is 78.2 Å². The van der Waals surface area contributed by atoms with Gasteiger partial charge in [-0.3, -0.25) is 19.6 Å². The highest BCUT2D eigenvalue weighted by Gasteiger charge is 2.16. The van der Waals surface area contributed by atoms with Crippen molar-refractivity contribution in [2.45, 2.75) is 12.1 Å². The van der Waals surface area contributed by atoms with Crippen LogP contribution < -0.4 is 5.32 Å². The molecule has 0 aliphatic heterocycles. The van der Waals surface area contributed by atoms with Gasteiger partial charge in [-0.15, -0.1) is 10.2 Å². The van der Waals surface area contributed by atoms with Gasteiger partial charge in [-0.05, 0) is 48.5 Å². The molecule has 8 nitrogen and oxygen atoms in total. The summed E-state index contributed by atoms with van der Waals surface area (Å²) in [6.45, 7) is 1.43. The van der Waals surface area contributed by atoms with Crippen molar-refractivity contribution in [3.63, 3.8) is 0 Å². The van der Waals surface area contributed by atoms with Gasteiger partial charge in [0.15, 0.2) is 5.78 Å². The van der Waals surface area contributed by atoms with Crippen LogP contribution in [-0.4, -0.2) is 42.6 Å². The standard InChI is InChI=1S/C23H18N6O2S/c1-15(30)26-17-10-8-16(9-11-17)20(31)14-32-23-27-21(18-6-2-4-12-24-18)22(28-29-23)19-7-3-5-13-25-19/h2-13H,14H2,1H3,(H,26,30). The van der Waals surface area contributed by atoms with E-state index in [9.17, 15) is 9.59 Å². The largest absolute Gasteiger partial charge is 0.326 e. The number of carbonyl (C=O) groups is 2. The minimum absolute atomic E-state index is 0.0823. The number of pyridine rings is 2. The maximum absolute atomic E-state index is 12.6. The van der Waals surface area contributed by atoms with E-state index in [1.165, 1.54) is 18.7 Å². The number of amides is 1. The van der Waals surface area contributed by atoms with Crippen molar-refractivity contribution in [3.05, 3.63) is 78.6 Å². The van der Waals surface area contributed by atoms with Crippen LogP contribution in [-0.2, 0) is 4.79 Å². The molecule has 32 heavy (non-hydrogen) atoms. The fourth-order valence-electron chi connectivity index (χ4n) is 2.89. The summed E-state index contributed by atoms with van der Waals surface area (Å²) in [5, 5.41) is 11.6. The van der Waals surface area contributed by atoms with Crippen LogP contribution in [0.3, 0.4) is 0 Å². The molecule has 0 spiro atoms. The first-order valence-electron chi connectivity index (χ1n) is 9.71. The number of anilines is 1. The zero-order chi connectivity index (χ0) is 22.3. The van der Waals surface area contributed by atoms with Gasteiger partial charge >= 0.3 is 0 Å². The Bertz CT molecular complexity index is 1230. The summed E-state index contributed by atoms with van der Waals surface area (Å²) in [5.74, 6) is -0.102. The molecule has 3 heterocycles. The molecule has 3 aromatic heterocycles. The number of thioether (sulfide) groups is 1. The second-order valence-electron chi connectivity index (χ2n) is 6.69. The molecule has 1 N–H and O–H groups in total. The molecule has 0 saturated carbocycles. The maximum atomic E-state index is 12.6. The predicted molar refractivity (Wildman–Crippen MR) is 122 cm³/mol. The third kappa shape index (κ3) is 5.19. The summed E-state index contributed by atoms with van der Waals surface area (Å²) >= 11 is 1.20. The first kappa shape index (κ1) is 21.3. The van der Waals surface area contributed by atoms with Crippen LogP contribution in [0.5, 0.6) is 0 Å². The summed E-state index contributed by atoms with van der Waals surface area (Å²) in [7, 11) is 0. The van der Waals surface area contributed by atoms with Crippen LogP contribution in [0.1, 0.15) is 17.3 Å². The molecule has 0 radical (unpaired) electrons. The quantitative estimate of drug-likeness (QED) is 0.339. The Labute approximate surface area is 188 Å². The Morgan fingerprint density at radius 1 is 0.844 bits per heavy atom. The number of Topliss-reactive ketones (excluding diaryl/α,β-unsaturated/α-hetero) is 1. The smallest absolute Gasteiger partial charge is 0.221 e. The Morgan fingerprint density at radius 3 is 2.09 bits per heavy atom. The summed E-state index contributed by atoms with van der Waals surface area (Å²) in [6.07, 6.45) is 3.36. The number of rotatable bonds is 7. The number of benzene rings is 1. The molecule has 9 heteroatoms. The van der Waals surface area contributed by atoms with Crippen molar-refractivity contribution in [1.82, 2.24) is 25.1 Å². The van der Waals surface area contributed by atoms with Crippen LogP contribution in [0, 0.1) is 0 Å². The number of hydrogen-bond acceptors (Lipinski definition) is 8. The van der Waals surface area contributed by atoms with Gasteiger partial charge in [-0.2, -0.15) is 0 Å². The number of ketones is 1. The Kier molecular flexibility index (Phi) is 6.57. The molecular weight excluding hydrogens is 424 g/mol. The number of hydrogen-bond donors (Lipinski definition) is 1. The molecule has 0 fully saturated rings. The molecule has 0 bridgehead atoms. The van der Waals surface area contributed by atoms with E-state index in [1.807, 2.05) is 36.4 Å². The summed E-state index contributed by atoms with van der Waals surface area (Å²) in [6, 6.07) is 17.8. The monoisotopic (exact) mass is 442 g/mol. The van der Waals surface area contributed by atoms with Gasteiger partial charge < -0.3 is 5.32 Å². The van der Waals surface area contributed by atoms with E-state index < -0.39 is 0 Å². The molecule has 0 unspecified atom stereocenters. The van der Waals surface area contributed by atoms with Gasteiger partial charge in [0.05, 0.1) is 17.1 Å². The molecule has 0 saturated heterocycles. The highest BCUT2D eigenvalue weighted by molar-refractivity contribution is 7.99. The van der Waals surface area contributed by atoms with Crippen molar-refractivity contribution >= 4 is 29.1 Å². The van der Waals surface area contributed by atoms with Crippen molar-refractivity contribution < 1.29 is 9.59 Å². The van der Waals surface area contributed by atoms with Crippen molar-refractivity contribution in [2.75, 3.05) is 11.1 Å². The highest BCUT2D eigenvalue weighted by atomic mass is 32.2. The number of nitrogens with zero attached hydrogens (tertiary/aromatic N) is 5. The summed E-state index contributed by atoms with van der Waals surface area (Å²) < 4.78 is 0. The third-order valence-corrected chi connectivity index (χ3v) is 5.18. The minimum atomic E-state index is -0.165. The topological polar surface area (TPSA) is 111 Å². The summed E-state index contributed by atoms with van der Waals surface area (Å²) in [5.41, 5.74) is 3.53. The average molecular weight is 443 g/mol. The molecule has 4 rings (SSSR count). The van der Waals surface area contributed by atoms with Crippen molar-refractivity contribution in [2.24, 2.45) is 0 Å². The molecule has 4 aromatic rings. The average Bonchev–Trinajstić information content (AvgIpc) is 2.83. The maximum Gasteiger partial charge on any atom is 0.221 e. The Balaban J connectivity index is 1.54. The second-order valence-corrected chi connectivity index (χ2v) is 7.63. The van der Waals surface area contributed by atoms with E-state index in [-0.39, 0.29) is 17.4 Å². The highest BCUT2D eigenvalue weighted by Crippen LogP contribution is 2.27. The van der Waals surface area contributed by atoms with E-state index in [0.717, 1.165) is 0 Å². The lowest BCUT2D eigenvalue weighted by Crippen LogP contribution is -2.07. The van der Waals surface area contributed by atoms with Crippen LogP contribution in [0.2, 0.25) is 0 Å². The molecule has 0 atom stereocenters. The molecule has 0 aliphatic rings. The van der Waals surface area contributed by atoms with Crippen molar-refractivity contribution in [1.29, 1.82) is 0 Å². The van der Waals surface area contributed by atoms with Crippen molar-refractivity contribution in [3.8, 4) is 22.8 Å². The molecule has 1 aromatic carbocycles. The zero-order valence-electron chi connectivity index (χ0n) is 17.1. The lowest BCUT2D eigenvalue weighted by molar-refractivity contribution is -0.114. The predicted octanol–water partition coefficient (Wildman–Crippen LogP) is 3.93. The van der Waals surface area contributed by atoms with E-state index in [1.54, 1.807) is 36.7 Å². The Morgan fingerprint density at radius 2 is 1.50 bits per heavy atom. The van der Waals surface area contributed by atoms with Gasteiger partial charge in [-0.1, -0.05) is 23.9 Å². The summed E-state index contributed by atoms with van der Waals surface area (Å²) in [4.78, 5) is 37.1. The normalized spacial score (nSPS) is 10.5. The van der Waals surface area contributed by atoms with E-state index in [4.69, 9.17) is 0 Å². The number of carbonyl (C=O) groups excluding carboxylic acids is 2. The molecule has 1 amide bonds. The SMILES string of the molecule is CC(=O)Nc1ccc(C(=O)CSc2nnc(-c3ccccn3)c(-c3ccccn3)n2)cc1. The lowest BCUT2D eigenvalue weighted by atomic mass is 10.1. The van der Waals surface area contributed by atoms with Crippen LogP contribution in [0.25, 0.3) is 22.8 Å². The van der Waals surface area contributed by atoms with Crippen LogP contribution in [0.4, 0.5) is 5.69 Å². The van der Waals surface area contributed by atoms with Gasteiger partial charge in [0, 0.05) is 30.6 Å². The fourth-order valence-corrected chi connectivity index (χ4v) is 3.57. The lowest BCUT2D eigenvalue weighted by Gasteiger charge is -2.08. The van der Waals surface area contributed by atoms with E-state index in [2.05, 4.69) is 30.5 Å². The van der Waals surface area contributed by atoms with Gasteiger partial charge in [-0.25, -0.2) is 4.98 Å². The molecule has 158 valence electrons. The first-order valence-corrected chi connectivity index (χ1v) is 10.7. The Hall–Kier alpha value is -3.98. The van der Waals surface area contributed by atoms with Crippen LogP contribution >= 0.6 is 11.8 Å². The molecular formula is C23H18N6O2S. The molecule has 0 aliphatic carbocycles. The van der Waals surface area contributed by atoms with Gasteiger partial charge in [0.25, 0.3) is 0 Å². The zero-order valence-corrected chi connectivity index (χ0v) is 17.9. The number of nitrogens with one attached hydrogen (secondary N) is 1.